The number of hydrogen-bond acceptors (Lipinski definition) is 3. The van der Waals surface area contributed by atoms with Crippen LogP contribution < -0.4 is 0 Å². The van der Waals surface area contributed by atoms with E-state index in [0.29, 0.717) is 12.3 Å². The van der Waals surface area contributed by atoms with Crippen LogP contribution in [0.25, 0.3) is 0 Å². The summed E-state index contributed by atoms with van der Waals surface area (Å²) in [6.07, 6.45) is 4.79. The second-order valence-electron chi connectivity index (χ2n) is 6.63. The van der Waals surface area contributed by atoms with Crippen LogP contribution in [-0.2, 0) is 16.0 Å². The molecule has 0 saturated carbocycles. The number of nitrogens with zero attached hydrogens (tertiary/aromatic N) is 2. The summed E-state index contributed by atoms with van der Waals surface area (Å²) in [7, 11) is 0. The molecule has 5 heteroatoms. The zero-order valence-electron chi connectivity index (χ0n) is 13.1. The first-order valence-electron chi connectivity index (χ1n) is 7.96. The quantitative estimate of drug-likeness (QED) is 0.923. The lowest BCUT2D eigenvalue weighted by molar-refractivity contribution is -0.137. The Hall–Kier alpha value is -1.36. The minimum absolute atomic E-state index is 0.245. The zero-order chi connectivity index (χ0) is 14.9. The molecule has 1 N–H and O–H groups in total. The number of aromatic nitrogens is 2. The Morgan fingerprint density at radius 3 is 2.90 bits per heavy atom. The molecular weight excluding hydrogens is 266 g/mol. The number of rotatable bonds is 4. The van der Waals surface area contributed by atoms with Crippen LogP contribution in [0.15, 0.2) is 0 Å². The number of carbonyl (C=O) groups is 1. The van der Waals surface area contributed by atoms with E-state index >= 15 is 0 Å². The molecule has 2 fully saturated rings. The molecule has 1 unspecified atom stereocenters. The number of carbonyl (C=O) groups excluding carboxylic acids is 1. The number of aromatic amines is 1. The summed E-state index contributed by atoms with van der Waals surface area (Å²) >= 11 is 0. The number of likely N-dealkylation sites (tertiary alicyclic amines) is 1. The normalized spacial score (nSPS) is 26.0. The van der Waals surface area contributed by atoms with E-state index in [-0.39, 0.29) is 5.41 Å². The van der Waals surface area contributed by atoms with E-state index in [1.165, 1.54) is 5.56 Å². The molecule has 1 atom stereocenters. The van der Waals surface area contributed by atoms with Crippen molar-refractivity contribution in [1.29, 1.82) is 0 Å². The molecule has 116 valence electrons. The SMILES string of the molecule is Cc1n[nH]c(C)c1CCCN1CC2(CCOC2)CCC1=O. The minimum Gasteiger partial charge on any atom is -0.381 e. The van der Waals surface area contributed by atoms with Crippen molar-refractivity contribution in [1.82, 2.24) is 15.1 Å². The summed E-state index contributed by atoms with van der Waals surface area (Å²) in [5.41, 5.74) is 3.78. The maximum Gasteiger partial charge on any atom is 0.222 e. The molecule has 1 amide bonds. The van der Waals surface area contributed by atoms with Gasteiger partial charge >= 0.3 is 0 Å². The summed E-state index contributed by atoms with van der Waals surface area (Å²) < 4.78 is 5.57. The monoisotopic (exact) mass is 291 g/mol. The number of H-pyrrole nitrogens is 1. The van der Waals surface area contributed by atoms with Gasteiger partial charge in [0, 0.05) is 37.2 Å². The summed E-state index contributed by atoms with van der Waals surface area (Å²) in [6.45, 7) is 7.52. The molecule has 0 aliphatic carbocycles. The summed E-state index contributed by atoms with van der Waals surface area (Å²) in [4.78, 5) is 14.2. The molecule has 3 rings (SSSR count). The van der Waals surface area contributed by atoms with Gasteiger partial charge in [-0.15, -0.1) is 0 Å². The largest absolute Gasteiger partial charge is 0.381 e. The van der Waals surface area contributed by atoms with Crippen molar-refractivity contribution in [2.24, 2.45) is 5.41 Å². The number of aryl methyl sites for hydroxylation is 2. The fourth-order valence-electron chi connectivity index (χ4n) is 3.67. The molecule has 5 nitrogen and oxygen atoms in total. The van der Waals surface area contributed by atoms with Gasteiger partial charge in [0.1, 0.15) is 0 Å². The van der Waals surface area contributed by atoms with Crippen LogP contribution >= 0.6 is 0 Å². The van der Waals surface area contributed by atoms with Gasteiger partial charge in [0.15, 0.2) is 0 Å². The lowest BCUT2D eigenvalue weighted by Gasteiger charge is -2.39. The van der Waals surface area contributed by atoms with Crippen molar-refractivity contribution in [2.45, 2.75) is 46.0 Å². The van der Waals surface area contributed by atoms with E-state index in [9.17, 15) is 4.79 Å². The maximum absolute atomic E-state index is 12.1. The Morgan fingerprint density at radius 2 is 2.24 bits per heavy atom. The predicted octanol–water partition coefficient (Wildman–Crippen LogP) is 1.99. The van der Waals surface area contributed by atoms with Crippen LogP contribution in [0, 0.1) is 19.3 Å². The van der Waals surface area contributed by atoms with Crippen LogP contribution in [-0.4, -0.2) is 47.3 Å². The fraction of sp³-hybridized carbons (Fsp3) is 0.750. The average molecular weight is 291 g/mol. The summed E-state index contributed by atoms with van der Waals surface area (Å²) in [5, 5.41) is 7.26. The van der Waals surface area contributed by atoms with Crippen molar-refractivity contribution in [3.05, 3.63) is 17.0 Å². The van der Waals surface area contributed by atoms with Crippen LogP contribution in [0.1, 0.15) is 42.6 Å². The zero-order valence-corrected chi connectivity index (χ0v) is 13.1. The van der Waals surface area contributed by atoms with Crippen molar-refractivity contribution >= 4 is 5.91 Å². The van der Waals surface area contributed by atoms with Crippen LogP contribution in [0.4, 0.5) is 0 Å². The Balaban J connectivity index is 1.55. The lowest BCUT2D eigenvalue weighted by Crippen LogP contribution is -2.47. The molecule has 2 aliphatic heterocycles. The first kappa shape index (κ1) is 14.6. The first-order chi connectivity index (χ1) is 10.1. The van der Waals surface area contributed by atoms with Crippen molar-refractivity contribution in [3.8, 4) is 0 Å². The Labute approximate surface area is 126 Å². The lowest BCUT2D eigenvalue weighted by atomic mass is 9.79. The highest BCUT2D eigenvalue weighted by molar-refractivity contribution is 5.77. The highest BCUT2D eigenvalue weighted by atomic mass is 16.5. The molecule has 21 heavy (non-hydrogen) atoms. The molecule has 1 aromatic rings. The maximum atomic E-state index is 12.1. The van der Waals surface area contributed by atoms with Gasteiger partial charge in [0.2, 0.25) is 5.91 Å². The van der Waals surface area contributed by atoms with Gasteiger partial charge in [0.25, 0.3) is 0 Å². The number of hydrogen-bond donors (Lipinski definition) is 1. The molecule has 0 bridgehead atoms. The van der Waals surface area contributed by atoms with Gasteiger partial charge in [0.05, 0.1) is 12.3 Å². The summed E-state index contributed by atoms with van der Waals surface area (Å²) in [6, 6.07) is 0. The Morgan fingerprint density at radius 1 is 1.38 bits per heavy atom. The third-order valence-electron chi connectivity index (χ3n) is 5.07. The smallest absolute Gasteiger partial charge is 0.222 e. The van der Waals surface area contributed by atoms with Crippen molar-refractivity contribution < 1.29 is 9.53 Å². The molecule has 1 aromatic heterocycles. The third-order valence-corrected chi connectivity index (χ3v) is 5.07. The van der Waals surface area contributed by atoms with Gasteiger partial charge in [-0.25, -0.2) is 0 Å². The van der Waals surface area contributed by atoms with Gasteiger partial charge < -0.3 is 9.64 Å². The molecule has 3 heterocycles. The standard InChI is InChI=1S/C16H25N3O2/c1-12-14(13(2)18-17-12)4-3-8-19-10-16(6-5-15(19)20)7-9-21-11-16/h3-11H2,1-2H3,(H,17,18). The second-order valence-corrected chi connectivity index (χ2v) is 6.63. The molecule has 0 radical (unpaired) electrons. The topological polar surface area (TPSA) is 58.2 Å². The van der Waals surface area contributed by atoms with E-state index in [0.717, 1.165) is 63.4 Å². The van der Waals surface area contributed by atoms with Gasteiger partial charge in [-0.1, -0.05) is 0 Å². The van der Waals surface area contributed by atoms with E-state index in [1.807, 2.05) is 6.92 Å². The van der Waals surface area contributed by atoms with Crippen molar-refractivity contribution in [3.63, 3.8) is 0 Å². The first-order valence-corrected chi connectivity index (χ1v) is 7.96. The highest BCUT2D eigenvalue weighted by Crippen LogP contribution is 2.38. The molecule has 2 saturated heterocycles. The van der Waals surface area contributed by atoms with E-state index in [2.05, 4.69) is 22.0 Å². The average Bonchev–Trinajstić information content (AvgIpc) is 3.04. The number of ether oxygens (including phenoxy) is 1. The molecule has 2 aliphatic rings. The molecular formula is C16H25N3O2. The fourth-order valence-corrected chi connectivity index (χ4v) is 3.67. The summed E-state index contributed by atoms with van der Waals surface area (Å²) in [5.74, 6) is 0.313. The molecule has 0 aromatic carbocycles. The van der Waals surface area contributed by atoms with Crippen LogP contribution in [0.3, 0.4) is 0 Å². The van der Waals surface area contributed by atoms with Gasteiger partial charge in [-0.2, -0.15) is 5.10 Å². The highest BCUT2D eigenvalue weighted by Gasteiger charge is 2.41. The van der Waals surface area contributed by atoms with Gasteiger partial charge in [-0.3, -0.25) is 9.89 Å². The minimum atomic E-state index is 0.245. The van der Waals surface area contributed by atoms with Crippen LogP contribution in [0.5, 0.6) is 0 Å². The Bertz CT molecular complexity index is 498. The number of piperidine rings is 1. The van der Waals surface area contributed by atoms with Crippen molar-refractivity contribution in [2.75, 3.05) is 26.3 Å². The van der Waals surface area contributed by atoms with E-state index in [4.69, 9.17) is 4.74 Å². The predicted molar refractivity (Wildman–Crippen MR) is 80.1 cm³/mol. The van der Waals surface area contributed by atoms with E-state index < -0.39 is 0 Å². The Kier molecular flexibility index (Phi) is 4.02. The van der Waals surface area contributed by atoms with E-state index in [1.54, 1.807) is 0 Å². The van der Waals surface area contributed by atoms with Gasteiger partial charge in [-0.05, 0) is 45.1 Å². The number of nitrogens with one attached hydrogen (secondary N) is 1. The molecule has 1 spiro atoms. The number of amides is 1. The second kappa shape index (κ2) is 5.79. The van der Waals surface area contributed by atoms with Crippen LogP contribution in [0.2, 0.25) is 0 Å². The third kappa shape index (κ3) is 2.98.